The van der Waals surface area contributed by atoms with Gasteiger partial charge in [0.15, 0.2) is 0 Å². The van der Waals surface area contributed by atoms with Gasteiger partial charge in [-0.2, -0.15) is 0 Å². The normalized spacial score (nSPS) is 13.5. The molecule has 16 heavy (non-hydrogen) atoms. The third kappa shape index (κ3) is 15.0. The van der Waals surface area contributed by atoms with E-state index < -0.39 is 6.16 Å². The topological polar surface area (TPSA) is 57.5 Å². The zero-order valence-electron chi connectivity index (χ0n) is 9.51. The molecule has 1 fully saturated rings. The van der Waals surface area contributed by atoms with Gasteiger partial charge in [0.1, 0.15) is 0 Å². The fraction of sp³-hybridized carbons (Fsp3) is 0.462. The molecule has 3 nitrogen and oxygen atoms in total. The van der Waals surface area contributed by atoms with Crippen LogP contribution in [0, 0.1) is 0 Å². The van der Waals surface area contributed by atoms with Gasteiger partial charge < -0.3 is 10.2 Å². The van der Waals surface area contributed by atoms with E-state index in [4.69, 9.17) is 15.0 Å². The van der Waals surface area contributed by atoms with Crippen LogP contribution in [0.3, 0.4) is 0 Å². The molecular formula is C13H20O3. The molecule has 0 saturated heterocycles. The molecule has 0 amide bonds. The van der Waals surface area contributed by atoms with Crippen LogP contribution in [0.5, 0.6) is 0 Å². The van der Waals surface area contributed by atoms with Crippen molar-refractivity contribution in [2.45, 2.75) is 38.5 Å². The molecule has 0 spiro atoms. The van der Waals surface area contributed by atoms with Crippen molar-refractivity contribution in [3.05, 3.63) is 36.4 Å². The molecule has 90 valence electrons. The Labute approximate surface area is 96.7 Å². The summed E-state index contributed by atoms with van der Waals surface area (Å²) in [7, 11) is 0. The van der Waals surface area contributed by atoms with Crippen LogP contribution in [0.15, 0.2) is 36.4 Å². The van der Waals surface area contributed by atoms with E-state index in [-0.39, 0.29) is 0 Å². The summed E-state index contributed by atoms with van der Waals surface area (Å²) >= 11 is 0. The lowest BCUT2D eigenvalue weighted by molar-refractivity contribution is 0.137. The quantitative estimate of drug-likeness (QED) is 0.692. The van der Waals surface area contributed by atoms with E-state index in [1.165, 1.54) is 38.5 Å². The van der Waals surface area contributed by atoms with Crippen molar-refractivity contribution < 1.29 is 15.0 Å². The van der Waals surface area contributed by atoms with Gasteiger partial charge >= 0.3 is 6.16 Å². The first-order valence-corrected chi connectivity index (χ1v) is 5.65. The van der Waals surface area contributed by atoms with Crippen molar-refractivity contribution in [2.75, 3.05) is 0 Å². The molecule has 2 rings (SSSR count). The number of benzene rings is 1. The van der Waals surface area contributed by atoms with Gasteiger partial charge in [-0.3, -0.25) is 0 Å². The Bertz CT molecular complexity index is 200. The van der Waals surface area contributed by atoms with Crippen LogP contribution < -0.4 is 0 Å². The van der Waals surface area contributed by atoms with Gasteiger partial charge in [0.25, 0.3) is 0 Å². The molecule has 0 aliphatic heterocycles. The first kappa shape index (κ1) is 14.5. The maximum absolute atomic E-state index is 8.56. The molecule has 0 bridgehead atoms. The maximum atomic E-state index is 8.56. The van der Waals surface area contributed by atoms with Crippen molar-refractivity contribution >= 4 is 6.16 Å². The van der Waals surface area contributed by atoms with E-state index in [1.807, 2.05) is 36.4 Å². The van der Waals surface area contributed by atoms with Crippen LogP contribution in [0.25, 0.3) is 0 Å². The number of hydrogen-bond acceptors (Lipinski definition) is 1. The van der Waals surface area contributed by atoms with Gasteiger partial charge in [0.2, 0.25) is 0 Å². The number of carbonyl (C=O) groups is 1. The highest BCUT2D eigenvalue weighted by Crippen LogP contribution is 2.15. The van der Waals surface area contributed by atoms with E-state index in [0.717, 1.165) is 0 Å². The highest BCUT2D eigenvalue weighted by Gasteiger charge is 1.95. The number of hydrogen-bond donors (Lipinski definition) is 2. The van der Waals surface area contributed by atoms with E-state index in [1.54, 1.807) is 0 Å². The lowest BCUT2D eigenvalue weighted by Gasteiger charge is -2.05. The smallest absolute Gasteiger partial charge is 0.450 e. The average molecular weight is 224 g/mol. The highest BCUT2D eigenvalue weighted by molar-refractivity contribution is 5.53. The van der Waals surface area contributed by atoms with Crippen LogP contribution in [0.4, 0.5) is 4.79 Å². The van der Waals surface area contributed by atoms with Crippen LogP contribution in [0.2, 0.25) is 0 Å². The van der Waals surface area contributed by atoms with Crippen molar-refractivity contribution in [1.82, 2.24) is 0 Å². The molecule has 0 unspecified atom stereocenters. The zero-order valence-corrected chi connectivity index (χ0v) is 9.51. The minimum atomic E-state index is -1.83. The Kier molecular flexibility index (Phi) is 10.5. The summed E-state index contributed by atoms with van der Waals surface area (Å²) in [6.07, 6.45) is 7.17. The molecular weight excluding hydrogens is 204 g/mol. The predicted octanol–water partition coefficient (Wildman–Crippen LogP) is 4.25. The molecule has 0 atom stereocenters. The van der Waals surface area contributed by atoms with Gasteiger partial charge in [-0.05, 0) is 0 Å². The lowest BCUT2D eigenvalue weighted by atomic mass is 10.0. The second kappa shape index (κ2) is 11.6. The largest absolute Gasteiger partial charge is 0.503 e. The first-order chi connectivity index (χ1) is 7.73. The Morgan fingerprint density at radius 1 is 0.625 bits per heavy atom. The second-order valence-electron chi connectivity index (χ2n) is 3.56. The zero-order chi connectivity index (χ0) is 12.1. The summed E-state index contributed by atoms with van der Waals surface area (Å²) < 4.78 is 0. The Hall–Kier alpha value is -1.51. The molecule has 3 heteroatoms. The summed E-state index contributed by atoms with van der Waals surface area (Å²) in [6.45, 7) is 0. The fourth-order valence-corrected chi connectivity index (χ4v) is 1.45. The van der Waals surface area contributed by atoms with Crippen LogP contribution >= 0.6 is 0 Å². The third-order valence-electron chi connectivity index (χ3n) is 2.17. The van der Waals surface area contributed by atoms with Gasteiger partial charge in [-0.1, -0.05) is 74.9 Å². The average Bonchev–Trinajstić information content (AvgIpc) is 2.34. The molecule has 1 aromatic rings. The summed E-state index contributed by atoms with van der Waals surface area (Å²) in [5.74, 6) is 0. The molecule has 0 aromatic heterocycles. The number of rotatable bonds is 0. The summed E-state index contributed by atoms with van der Waals surface area (Å²) in [5.41, 5.74) is 0. The summed E-state index contributed by atoms with van der Waals surface area (Å²) in [4.78, 5) is 8.56. The molecule has 1 aliphatic rings. The van der Waals surface area contributed by atoms with Crippen molar-refractivity contribution in [1.29, 1.82) is 0 Å². The molecule has 1 aliphatic carbocycles. The van der Waals surface area contributed by atoms with Crippen molar-refractivity contribution in [3.63, 3.8) is 0 Å². The predicted molar refractivity (Wildman–Crippen MR) is 64.8 cm³/mol. The molecule has 0 radical (unpaired) electrons. The minimum absolute atomic E-state index is 1.50. The maximum Gasteiger partial charge on any atom is 0.503 e. The second-order valence-corrected chi connectivity index (χ2v) is 3.56. The van der Waals surface area contributed by atoms with Crippen molar-refractivity contribution in [3.8, 4) is 0 Å². The van der Waals surface area contributed by atoms with Gasteiger partial charge in [-0.25, -0.2) is 4.79 Å². The standard InChI is InChI=1S/C6H12.C6H6.CH2O3/c2*1-2-4-6-5-3-1;2-1(3)4/h1-6H2;1-6H;(H2,2,3,4). The van der Waals surface area contributed by atoms with Crippen LogP contribution in [-0.2, 0) is 0 Å². The lowest BCUT2D eigenvalue weighted by Crippen LogP contribution is -1.85. The summed E-state index contributed by atoms with van der Waals surface area (Å²) in [5, 5.41) is 13.9. The third-order valence-corrected chi connectivity index (χ3v) is 2.17. The van der Waals surface area contributed by atoms with E-state index in [9.17, 15) is 0 Å². The molecule has 1 saturated carbocycles. The highest BCUT2D eigenvalue weighted by atomic mass is 16.6. The van der Waals surface area contributed by atoms with Crippen LogP contribution in [0.1, 0.15) is 38.5 Å². The molecule has 1 aromatic carbocycles. The Morgan fingerprint density at radius 3 is 0.875 bits per heavy atom. The monoisotopic (exact) mass is 224 g/mol. The molecule has 0 heterocycles. The summed E-state index contributed by atoms with van der Waals surface area (Å²) in [6, 6.07) is 12.0. The van der Waals surface area contributed by atoms with Crippen LogP contribution in [-0.4, -0.2) is 16.4 Å². The van der Waals surface area contributed by atoms with E-state index in [2.05, 4.69) is 0 Å². The van der Waals surface area contributed by atoms with Gasteiger partial charge in [0, 0.05) is 0 Å². The SMILES string of the molecule is C1CCCCC1.O=C(O)O.c1ccccc1. The molecule has 2 N–H and O–H groups in total. The van der Waals surface area contributed by atoms with Gasteiger partial charge in [-0.15, -0.1) is 0 Å². The Balaban J connectivity index is 0.000000217. The fourth-order valence-electron chi connectivity index (χ4n) is 1.45. The first-order valence-electron chi connectivity index (χ1n) is 5.65. The Morgan fingerprint density at radius 2 is 0.750 bits per heavy atom. The minimum Gasteiger partial charge on any atom is -0.450 e. The number of carboxylic acid groups (broad SMARTS) is 2. The van der Waals surface area contributed by atoms with E-state index >= 15 is 0 Å². The van der Waals surface area contributed by atoms with E-state index in [0.29, 0.717) is 0 Å². The van der Waals surface area contributed by atoms with Crippen molar-refractivity contribution in [2.24, 2.45) is 0 Å². The van der Waals surface area contributed by atoms with Gasteiger partial charge in [0.05, 0.1) is 0 Å².